The maximum absolute atomic E-state index is 13.7. The first-order valence-electron chi connectivity index (χ1n) is 8.78. The van der Waals surface area contributed by atoms with E-state index in [1.807, 2.05) is 4.90 Å². The number of likely N-dealkylation sites (tertiary alicyclic amines) is 1. The van der Waals surface area contributed by atoms with Crippen molar-refractivity contribution in [3.8, 4) is 0 Å². The molecule has 0 N–H and O–H groups in total. The molecule has 0 radical (unpaired) electrons. The Labute approximate surface area is 147 Å². The number of halogens is 2. The largest absolute Gasteiger partial charge is 0.349 e. The molecule has 1 aromatic rings. The molecular weight excluding hydrogens is 326 g/mol. The van der Waals surface area contributed by atoms with E-state index in [9.17, 15) is 18.4 Å². The summed E-state index contributed by atoms with van der Waals surface area (Å²) in [6.07, 6.45) is 3.69. The molecule has 1 saturated heterocycles. The van der Waals surface area contributed by atoms with Crippen molar-refractivity contribution in [1.29, 1.82) is 0 Å². The molecule has 1 fully saturated rings. The van der Waals surface area contributed by atoms with Crippen LogP contribution >= 0.6 is 0 Å². The van der Waals surface area contributed by atoms with Crippen LogP contribution in [0.2, 0.25) is 0 Å². The van der Waals surface area contributed by atoms with Crippen LogP contribution in [0.25, 0.3) is 0 Å². The lowest BCUT2D eigenvalue weighted by Gasteiger charge is -2.33. The van der Waals surface area contributed by atoms with Crippen molar-refractivity contribution < 1.29 is 18.4 Å². The van der Waals surface area contributed by atoms with E-state index in [0.29, 0.717) is 24.4 Å². The summed E-state index contributed by atoms with van der Waals surface area (Å²) in [5.41, 5.74) is 0.515. The molecule has 6 heteroatoms. The van der Waals surface area contributed by atoms with Gasteiger partial charge in [0, 0.05) is 46.1 Å². The number of piperidine rings is 1. The van der Waals surface area contributed by atoms with Crippen LogP contribution < -0.4 is 0 Å². The molecule has 2 rings (SSSR count). The summed E-state index contributed by atoms with van der Waals surface area (Å²) in [6, 6.07) is 3.67. The van der Waals surface area contributed by atoms with Crippen LogP contribution in [0.5, 0.6) is 0 Å². The number of carbonyl (C=O) groups excluding carboxylic acids is 2. The normalized spacial score (nSPS) is 17.4. The Bertz CT molecular complexity index is 619. The fourth-order valence-electron chi connectivity index (χ4n) is 3.21. The fourth-order valence-corrected chi connectivity index (χ4v) is 3.21. The fraction of sp³-hybridized carbons (Fsp3) is 0.579. The third-order valence-corrected chi connectivity index (χ3v) is 4.76. The zero-order valence-corrected chi connectivity index (χ0v) is 14.9. The van der Waals surface area contributed by atoms with Crippen LogP contribution in [-0.4, -0.2) is 48.8 Å². The van der Waals surface area contributed by atoms with Gasteiger partial charge < -0.3 is 9.80 Å². The Kier molecular flexibility index (Phi) is 6.91. The van der Waals surface area contributed by atoms with Gasteiger partial charge in [0.05, 0.1) is 0 Å². The zero-order chi connectivity index (χ0) is 18.4. The van der Waals surface area contributed by atoms with Gasteiger partial charge in [0.2, 0.25) is 11.8 Å². The maximum atomic E-state index is 13.7. The third kappa shape index (κ3) is 5.80. The first kappa shape index (κ1) is 19.3. The van der Waals surface area contributed by atoms with Gasteiger partial charge >= 0.3 is 0 Å². The van der Waals surface area contributed by atoms with E-state index in [1.54, 1.807) is 14.1 Å². The lowest BCUT2D eigenvalue weighted by atomic mass is 9.91. The highest BCUT2D eigenvalue weighted by Crippen LogP contribution is 2.23. The highest BCUT2D eigenvalue weighted by Gasteiger charge is 2.24. The Morgan fingerprint density at radius 1 is 1.24 bits per heavy atom. The molecule has 25 heavy (non-hydrogen) atoms. The summed E-state index contributed by atoms with van der Waals surface area (Å²) in [5, 5.41) is 0. The molecule has 0 spiro atoms. The van der Waals surface area contributed by atoms with Crippen molar-refractivity contribution in [3.63, 3.8) is 0 Å². The van der Waals surface area contributed by atoms with Gasteiger partial charge in [-0.25, -0.2) is 8.78 Å². The number of hydrogen-bond donors (Lipinski definition) is 0. The van der Waals surface area contributed by atoms with Crippen LogP contribution in [0, 0.1) is 17.6 Å². The molecule has 1 aliphatic rings. The van der Waals surface area contributed by atoms with Gasteiger partial charge in [-0.3, -0.25) is 9.59 Å². The minimum atomic E-state index is -0.567. The molecule has 2 amide bonds. The summed E-state index contributed by atoms with van der Waals surface area (Å²) in [4.78, 5) is 27.2. The number of aryl methyl sites for hydroxylation is 1. The number of benzene rings is 1. The molecule has 4 nitrogen and oxygen atoms in total. The van der Waals surface area contributed by atoms with Crippen molar-refractivity contribution in [2.45, 2.75) is 38.5 Å². The monoisotopic (exact) mass is 352 g/mol. The average molecular weight is 352 g/mol. The summed E-state index contributed by atoms with van der Waals surface area (Å²) in [6.45, 7) is 1.37. The predicted molar refractivity (Wildman–Crippen MR) is 91.9 cm³/mol. The van der Waals surface area contributed by atoms with Gasteiger partial charge in [0.15, 0.2) is 0 Å². The van der Waals surface area contributed by atoms with Crippen LogP contribution in [0.15, 0.2) is 18.2 Å². The topological polar surface area (TPSA) is 40.6 Å². The summed E-state index contributed by atoms with van der Waals surface area (Å²) < 4.78 is 26.7. The second-order valence-corrected chi connectivity index (χ2v) is 6.91. The maximum Gasteiger partial charge on any atom is 0.223 e. The molecule has 1 aromatic carbocycles. The van der Waals surface area contributed by atoms with Crippen molar-refractivity contribution in [2.24, 2.45) is 5.92 Å². The number of carbonyl (C=O) groups is 2. The highest BCUT2D eigenvalue weighted by atomic mass is 19.1. The van der Waals surface area contributed by atoms with Gasteiger partial charge in [0.1, 0.15) is 11.6 Å². The second kappa shape index (κ2) is 8.92. The molecule has 0 unspecified atom stereocenters. The van der Waals surface area contributed by atoms with Gasteiger partial charge in [-0.2, -0.15) is 0 Å². The minimum absolute atomic E-state index is 0.00728. The van der Waals surface area contributed by atoms with Crippen molar-refractivity contribution >= 4 is 11.8 Å². The molecule has 0 saturated carbocycles. The third-order valence-electron chi connectivity index (χ3n) is 4.76. The van der Waals surface area contributed by atoms with Crippen LogP contribution in [0.4, 0.5) is 8.78 Å². The van der Waals surface area contributed by atoms with Crippen LogP contribution in [0.3, 0.4) is 0 Å². The Morgan fingerprint density at radius 3 is 2.68 bits per heavy atom. The van der Waals surface area contributed by atoms with Gasteiger partial charge in [-0.05, 0) is 43.2 Å². The number of amides is 2. The van der Waals surface area contributed by atoms with Crippen molar-refractivity contribution in [2.75, 3.05) is 27.2 Å². The van der Waals surface area contributed by atoms with Gasteiger partial charge in [0.25, 0.3) is 0 Å². The number of hydrogen-bond acceptors (Lipinski definition) is 2. The molecule has 138 valence electrons. The first-order valence-corrected chi connectivity index (χ1v) is 8.78. The molecule has 0 bridgehead atoms. The SMILES string of the molecule is CN(C)C(=O)CCC(=O)N1CCC[C@@H](CCc2ccc(F)cc2F)C1. The molecule has 1 aliphatic heterocycles. The Hall–Kier alpha value is -1.98. The van der Waals surface area contributed by atoms with E-state index in [4.69, 9.17) is 0 Å². The van der Waals surface area contributed by atoms with Crippen LogP contribution in [-0.2, 0) is 16.0 Å². The van der Waals surface area contributed by atoms with Crippen molar-refractivity contribution in [1.82, 2.24) is 9.80 Å². The van der Waals surface area contributed by atoms with E-state index >= 15 is 0 Å². The zero-order valence-electron chi connectivity index (χ0n) is 14.9. The Morgan fingerprint density at radius 2 is 2.00 bits per heavy atom. The summed E-state index contributed by atoms with van der Waals surface area (Å²) in [7, 11) is 3.36. The van der Waals surface area contributed by atoms with E-state index in [-0.39, 0.29) is 24.7 Å². The van der Waals surface area contributed by atoms with Gasteiger partial charge in [-0.1, -0.05) is 6.07 Å². The lowest BCUT2D eigenvalue weighted by Crippen LogP contribution is -2.40. The quantitative estimate of drug-likeness (QED) is 0.790. The molecule has 1 heterocycles. The summed E-state index contributed by atoms with van der Waals surface area (Å²) >= 11 is 0. The van der Waals surface area contributed by atoms with E-state index in [1.165, 1.54) is 17.0 Å². The summed E-state index contributed by atoms with van der Waals surface area (Å²) in [5.74, 6) is -0.804. The predicted octanol–water partition coefficient (Wildman–Crippen LogP) is 3.00. The van der Waals surface area contributed by atoms with Gasteiger partial charge in [-0.15, -0.1) is 0 Å². The molecule has 1 atom stereocenters. The molecule has 0 aliphatic carbocycles. The smallest absolute Gasteiger partial charge is 0.223 e. The minimum Gasteiger partial charge on any atom is -0.349 e. The standard InChI is InChI=1S/C19H26F2N2O2/c1-22(2)18(24)9-10-19(25)23-11-3-4-14(13-23)5-6-15-7-8-16(20)12-17(15)21/h7-8,12,14H,3-6,9-11,13H2,1-2H3/t14-/m0/s1. The molecule has 0 aromatic heterocycles. The van der Waals surface area contributed by atoms with Crippen LogP contribution in [0.1, 0.15) is 37.7 Å². The Balaban J connectivity index is 1.81. The highest BCUT2D eigenvalue weighted by molar-refractivity contribution is 5.83. The van der Waals surface area contributed by atoms with E-state index < -0.39 is 11.6 Å². The second-order valence-electron chi connectivity index (χ2n) is 6.91. The number of rotatable bonds is 6. The van der Waals surface area contributed by atoms with E-state index in [0.717, 1.165) is 31.9 Å². The van der Waals surface area contributed by atoms with E-state index in [2.05, 4.69) is 0 Å². The number of nitrogens with zero attached hydrogens (tertiary/aromatic N) is 2. The first-order chi connectivity index (χ1) is 11.9. The average Bonchev–Trinajstić information content (AvgIpc) is 2.58. The lowest BCUT2D eigenvalue weighted by molar-refractivity contribution is -0.137. The molecular formula is C19H26F2N2O2. The van der Waals surface area contributed by atoms with Crippen molar-refractivity contribution in [3.05, 3.63) is 35.4 Å².